The lowest BCUT2D eigenvalue weighted by Crippen LogP contribution is -2.40. The molecule has 0 saturated carbocycles. The Morgan fingerprint density at radius 2 is 1.85 bits per heavy atom. The molecule has 3 N–H and O–H groups in total. The number of nitrogens with two attached hydrogens (primary N) is 1. The normalized spacial score (nSPS) is 27.9. The molecule has 0 amide bonds. The lowest BCUT2D eigenvalue weighted by molar-refractivity contribution is 0.0424. The Kier molecular flexibility index (Phi) is 4.84. The fourth-order valence-electron chi connectivity index (χ4n) is 3.17. The van der Waals surface area contributed by atoms with Crippen LogP contribution in [-0.4, -0.2) is 34.7 Å². The molecule has 1 saturated heterocycles. The second-order valence-corrected chi connectivity index (χ2v) is 6.60. The molecule has 0 aromatic heterocycles. The Morgan fingerprint density at radius 3 is 2.45 bits per heavy atom. The van der Waals surface area contributed by atoms with Crippen molar-refractivity contribution in [1.82, 2.24) is 4.90 Å². The van der Waals surface area contributed by atoms with E-state index >= 15 is 0 Å². The number of rotatable bonds is 3. The Labute approximate surface area is 122 Å². The van der Waals surface area contributed by atoms with E-state index < -0.39 is 5.60 Å². The maximum absolute atomic E-state index is 10.2. The van der Waals surface area contributed by atoms with Gasteiger partial charge in [0.05, 0.1) is 5.60 Å². The first kappa shape index (κ1) is 15.5. The number of nitrogens with zero attached hydrogens (tertiary/aromatic N) is 1. The van der Waals surface area contributed by atoms with Crippen molar-refractivity contribution in [3.8, 4) is 0 Å². The largest absolute Gasteiger partial charge is 0.390 e. The second-order valence-electron chi connectivity index (χ2n) is 6.60. The molecule has 3 atom stereocenters. The van der Waals surface area contributed by atoms with Crippen LogP contribution in [0.4, 0.5) is 0 Å². The van der Waals surface area contributed by atoms with Gasteiger partial charge in [0.15, 0.2) is 0 Å². The molecular formula is C17H28N2O. The zero-order valence-corrected chi connectivity index (χ0v) is 13.0. The number of likely N-dealkylation sites (tertiary alicyclic amines) is 1. The monoisotopic (exact) mass is 276 g/mol. The van der Waals surface area contributed by atoms with Gasteiger partial charge in [-0.2, -0.15) is 0 Å². The highest BCUT2D eigenvalue weighted by atomic mass is 16.3. The van der Waals surface area contributed by atoms with Gasteiger partial charge in [-0.15, -0.1) is 0 Å². The Balaban J connectivity index is 2.18. The lowest BCUT2D eigenvalue weighted by atomic mass is 9.97. The van der Waals surface area contributed by atoms with Crippen LogP contribution < -0.4 is 5.73 Å². The maximum atomic E-state index is 10.2. The number of hydrogen-bond acceptors (Lipinski definition) is 3. The molecule has 1 aliphatic heterocycles. The topological polar surface area (TPSA) is 49.5 Å². The molecule has 1 heterocycles. The summed E-state index contributed by atoms with van der Waals surface area (Å²) in [6, 6.07) is 9.00. The molecule has 0 spiro atoms. The highest BCUT2D eigenvalue weighted by Crippen LogP contribution is 2.29. The van der Waals surface area contributed by atoms with Crippen LogP contribution >= 0.6 is 0 Å². The molecule has 3 nitrogen and oxygen atoms in total. The predicted octanol–water partition coefficient (Wildman–Crippen LogP) is 2.62. The summed E-state index contributed by atoms with van der Waals surface area (Å²) < 4.78 is 0. The van der Waals surface area contributed by atoms with Gasteiger partial charge in [0.25, 0.3) is 0 Å². The van der Waals surface area contributed by atoms with Crippen molar-refractivity contribution in [2.75, 3.05) is 13.1 Å². The van der Waals surface area contributed by atoms with Crippen LogP contribution in [-0.2, 0) is 0 Å². The molecule has 0 bridgehead atoms. The Hall–Kier alpha value is -0.900. The molecule has 2 rings (SSSR count). The first-order chi connectivity index (χ1) is 9.39. The maximum Gasteiger partial charge on any atom is 0.0632 e. The standard InChI is InChI=1S/C17H28N2O/c1-13-5-7-15(8-6-13)16(14(2)18)19-11-4-9-17(3,20)10-12-19/h5-8,14,16,20H,4,9-12,18H2,1-3H3. The van der Waals surface area contributed by atoms with Crippen LogP contribution in [0, 0.1) is 6.92 Å². The summed E-state index contributed by atoms with van der Waals surface area (Å²) in [4.78, 5) is 2.44. The van der Waals surface area contributed by atoms with Crippen molar-refractivity contribution in [3.05, 3.63) is 35.4 Å². The molecular weight excluding hydrogens is 248 g/mol. The average molecular weight is 276 g/mol. The van der Waals surface area contributed by atoms with E-state index in [4.69, 9.17) is 5.73 Å². The molecule has 20 heavy (non-hydrogen) atoms. The van der Waals surface area contributed by atoms with E-state index in [1.807, 2.05) is 6.92 Å². The summed E-state index contributed by atoms with van der Waals surface area (Å²) in [6.45, 7) is 8.05. The Bertz CT molecular complexity index is 425. The fraction of sp³-hybridized carbons (Fsp3) is 0.647. The van der Waals surface area contributed by atoms with Crippen molar-refractivity contribution >= 4 is 0 Å². The minimum absolute atomic E-state index is 0.0840. The minimum atomic E-state index is -0.523. The van der Waals surface area contributed by atoms with Crippen molar-refractivity contribution in [2.45, 2.75) is 57.7 Å². The highest BCUT2D eigenvalue weighted by molar-refractivity contribution is 5.25. The van der Waals surface area contributed by atoms with Crippen LogP contribution in [0.2, 0.25) is 0 Å². The van der Waals surface area contributed by atoms with Gasteiger partial charge in [-0.1, -0.05) is 29.8 Å². The third kappa shape index (κ3) is 3.81. The van der Waals surface area contributed by atoms with Gasteiger partial charge < -0.3 is 10.8 Å². The van der Waals surface area contributed by atoms with Crippen LogP contribution in [0.25, 0.3) is 0 Å². The SMILES string of the molecule is Cc1ccc(C(C(C)N)N2CCCC(C)(O)CC2)cc1. The summed E-state index contributed by atoms with van der Waals surface area (Å²) in [5.41, 5.74) is 8.29. The predicted molar refractivity (Wildman–Crippen MR) is 83.6 cm³/mol. The van der Waals surface area contributed by atoms with Gasteiger partial charge in [-0.25, -0.2) is 0 Å². The zero-order chi connectivity index (χ0) is 14.8. The third-order valence-corrected chi connectivity index (χ3v) is 4.41. The summed E-state index contributed by atoms with van der Waals surface area (Å²) >= 11 is 0. The van der Waals surface area contributed by atoms with Crippen LogP contribution in [0.5, 0.6) is 0 Å². The van der Waals surface area contributed by atoms with E-state index in [1.54, 1.807) is 0 Å². The minimum Gasteiger partial charge on any atom is -0.390 e. The van der Waals surface area contributed by atoms with E-state index in [-0.39, 0.29) is 12.1 Å². The van der Waals surface area contributed by atoms with Crippen LogP contribution in [0.1, 0.15) is 50.3 Å². The first-order valence-corrected chi connectivity index (χ1v) is 7.68. The summed E-state index contributed by atoms with van der Waals surface area (Å²) in [5, 5.41) is 10.2. The van der Waals surface area contributed by atoms with Crippen LogP contribution in [0.3, 0.4) is 0 Å². The lowest BCUT2D eigenvalue weighted by Gasteiger charge is -2.34. The molecule has 0 aliphatic carbocycles. The number of aryl methyl sites for hydroxylation is 1. The molecule has 112 valence electrons. The van der Waals surface area contributed by atoms with E-state index in [1.165, 1.54) is 11.1 Å². The van der Waals surface area contributed by atoms with Crippen molar-refractivity contribution in [2.24, 2.45) is 5.73 Å². The molecule has 3 heteroatoms. The van der Waals surface area contributed by atoms with Crippen molar-refractivity contribution in [3.63, 3.8) is 0 Å². The fourth-order valence-corrected chi connectivity index (χ4v) is 3.17. The number of aliphatic hydroxyl groups is 1. The second kappa shape index (κ2) is 6.25. The van der Waals surface area contributed by atoms with Gasteiger partial charge in [-0.3, -0.25) is 4.90 Å². The quantitative estimate of drug-likeness (QED) is 0.892. The molecule has 1 aromatic rings. The van der Waals surface area contributed by atoms with Crippen LogP contribution in [0.15, 0.2) is 24.3 Å². The van der Waals surface area contributed by atoms with E-state index in [2.05, 4.69) is 43.0 Å². The summed E-state index contributed by atoms with van der Waals surface area (Å²) in [6.07, 6.45) is 2.73. The van der Waals surface area contributed by atoms with Gasteiger partial charge in [0, 0.05) is 18.6 Å². The molecule has 1 aliphatic rings. The van der Waals surface area contributed by atoms with Crippen molar-refractivity contribution in [1.29, 1.82) is 0 Å². The third-order valence-electron chi connectivity index (χ3n) is 4.41. The van der Waals surface area contributed by atoms with Gasteiger partial charge >= 0.3 is 0 Å². The Morgan fingerprint density at radius 1 is 1.20 bits per heavy atom. The molecule has 1 fully saturated rings. The van der Waals surface area contributed by atoms with E-state index in [0.29, 0.717) is 0 Å². The average Bonchev–Trinajstić information content (AvgIpc) is 2.53. The van der Waals surface area contributed by atoms with Gasteiger partial charge in [-0.05, 0) is 52.1 Å². The summed E-state index contributed by atoms with van der Waals surface area (Å²) in [7, 11) is 0. The highest BCUT2D eigenvalue weighted by Gasteiger charge is 2.30. The number of hydrogen-bond donors (Lipinski definition) is 2. The molecule has 1 aromatic carbocycles. The number of benzene rings is 1. The van der Waals surface area contributed by atoms with E-state index in [9.17, 15) is 5.11 Å². The zero-order valence-electron chi connectivity index (χ0n) is 13.0. The van der Waals surface area contributed by atoms with Gasteiger partial charge in [0.2, 0.25) is 0 Å². The molecule has 3 unspecified atom stereocenters. The first-order valence-electron chi connectivity index (χ1n) is 7.68. The van der Waals surface area contributed by atoms with E-state index in [0.717, 1.165) is 32.4 Å². The van der Waals surface area contributed by atoms with Gasteiger partial charge in [0.1, 0.15) is 0 Å². The molecule has 0 radical (unpaired) electrons. The smallest absolute Gasteiger partial charge is 0.0632 e. The van der Waals surface area contributed by atoms with Crippen molar-refractivity contribution < 1.29 is 5.11 Å². The summed E-state index contributed by atoms with van der Waals surface area (Å²) in [5.74, 6) is 0.